The maximum Gasteiger partial charge on any atom is 0.342 e. The number of halogens is 1. The molecule has 0 saturated heterocycles. The maximum atomic E-state index is 13.1. The Balaban J connectivity index is 1.97. The van der Waals surface area contributed by atoms with Gasteiger partial charge in [0, 0.05) is 29.5 Å². The van der Waals surface area contributed by atoms with Crippen LogP contribution < -0.4 is 0 Å². The molecule has 1 aliphatic heterocycles. The summed E-state index contributed by atoms with van der Waals surface area (Å²) in [6.07, 6.45) is 0.368. The van der Waals surface area contributed by atoms with E-state index >= 15 is 0 Å². The van der Waals surface area contributed by atoms with E-state index in [9.17, 15) is 9.59 Å². The average molecular weight is 419 g/mol. The Morgan fingerprint density at radius 2 is 1.53 bits per heavy atom. The molecule has 0 amide bonds. The Morgan fingerprint density at radius 3 is 2.13 bits per heavy atom. The number of hydrogen-bond acceptors (Lipinski definition) is 4. The van der Waals surface area contributed by atoms with E-state index in [-0.39, 0.29) is 0 Å². The fraction of sp³-hybridized carbons (Fsp3) is 0.120. The molecule has 0 N–H and O–H groups in total. The highest BCUT2D eigenvalue weighted by atomic mass is 35.5. The molecule has 0 radical (unpaired) electrons. The molecule has 1 aliphatic rings. The van der Waals surface area contributed by atoms with Crippen molar-refractivity contribution in [3.8, 4) is 0 Å². The number of cyclic esters (lactones) is 1. The van der Waals surface area contributed by atoms with Gasteiger partial charge in [-0.05, 0) is 35.4 Å². The van der Waals surface area contributed by atoms with Crippen molar-refractivity contribution in [2.75, 3.05) is 0 Å². The molecule has 1 atom stereocenters. The highest BCUT2D eigenvalue weighted by molar-refractivity contribution is 6.30. The van der Waals surface area contributed by atoms with E-state index in [2.05, 4.69) is 0 Å². The van der Waals surface area contributed by atoms with Gasteiger partial charge >= 0.3 is 17.7 Å². The van der Waals surface area contributed by atoms with Gasteiger partial charge in [-0.3, -0.25) is 4.79 Å². The third kappa shape index (κ3) is 3.74. The first-order chi connectivity index (χ1) is 14.5. The summed E-state index contributed by atoms with van der Waals surface area (Å²) in [5.41, 5.74) is 3.16. The van der Waals surface area contributed by atoms with Crippen LogP contribution in [0.3, 0.4) is 0 Å². The van der Waals surface area contributed by atoms with Crippen LogP contribution in [0.2, 0.25) is 5.02 Å². The fourth-order valence-corrected chi connectivity index (χ4v) is 3.80. The van der Waals surface area contributed by atoms with Crippen molar-refractivity contribution in [3.05, 3.63) is 112 Å². The predicted molar refractivity (Wildman–Crippen MR) is 114 cm³/mol. The smallest absolute Gasteiger partial charge is 0.342 e. The highest BCUT2D eigenvalue weighted by Gasteiger charge is 2.52. The second-order valence-electron chi connectivity index (χ2n) is 6.99. The molecule has 3 aromatic rings. The summed E-state index contributed by atoms with van der Waals surface area (Å²) in [6.45, 7) is 1.30. The van der Waals surface area contributed by atoms with Gasteiger partial charge < -0.3 is 9.47 Å². The highest BCUT2D eigenvalue weighted by Crippen LogP contribution is 2.47. The van der Waals surface area contributed by atoms with Crippen molar-refractivity contribution in [3.63, 3.8) is 0 Å². The fourth-order valence-electron chi connectivity index (χ4n) is 3.68. The van der Waals surface area contributed by atoms with E-state index in [1.54, 1.807) is 24.3 Å². The molecule has 1 unspecified atom stereocenters. The van der Waals surface area contributed by atoms with E-state index in [1.807, 2.05) is 60.7 Å². The summed E-state index contributed by atoms with van der Waals surface area (Å²) in [6, 6.07) is 25.7. The maximum absolute atomic E-state index is 13.1. The van der Waals surface area contributed by atoms with Crippen LogP contribution in [-0.4, -0.2) is 11.9 Å². The zero-order valence-corrected chi connectivity index (χ0v) is 17.1. The van der Waals surface area contributed by atoms with Crippen molar-refractivity contribution < 1.29 is 19.1 Å². The van der Waals surface area contributed by atoms with Crippen molar-refractivity contribution in [2.45, 2.75) is 19.1 Å². The van der Waals surface area contributed by atoms with Crippen LogP contribution in [-0.2, 0) is 31.3 Å². The molecule has 0 aromatic heterocycles. The van der Waals surface area contributed by atoms with Gasteiger partial charge in [0.2, 0.25) is 0 Å². The van der Waals surface area contributed by atoms with Crippen LogP contribution in [0, 0.1) is 0 Å². The Morgan fingerprint density at radius 1 is 0.933 bits per heavy atom. The minimum Gasteiger partial charge on any atom is -0.414 e. The molecule has 0 bridgehead atoms. The quantitative estimate of drug-likeness (QED) is 0.527. The summed E-state index contributed by atoms with van der Waals surface area (Å²) in [7, 11) is 0. The number of esters is 2. The number of hydrogen-bond donors (Lipinski definition) is 0. The van der Waals surface area contributed by atoms with E-state index in [0.717, 1.165) is 5.56 Å². The second-order valence-corrected chi connectivity index (χ2v) is 7.43. The molecule has 4 rings (SSSR count). The monoisotopic (exact) mass is 418 g/mol. The molecule has 0 fully saturated rings. The predicted octanol–water partition coefficient (Wildman–Crippen LogP) is 5.31. The first kappa shape index (κ1) is 19.9. The minimum atomic E-state index is -1.66. The van der Waals surface area contributed by atoms with Crippen LogP contribution in [0.25, 0.3) is 5.57 Å². The third-order valence-electron chi connectivity index (χ3n) is 4.94. The molecule has 4 nitrogen and oxygen atoms in total. The van der Waals surface area contributed by atoms with Crippen molar-refractivity contribution >= 4 is 29.1 Å². The summed E-state index contributed by atoms with van der Waals surface area (Å²) >= 11 is 6.06. The molecule has 0 spiro atoms. The largest absolute Gasteiger partial charge is 0.414 e. The summed E-state index contributed by atoms with van der Waals surface area (Å²) in [5.74, 6) is -2.75. The van der Waals surface area contributed by atoms with E-state index in [0.29, 0.717) is 33.7 Å². The lowest BCUT2D eigenvalue weighted by Crippen LogP contribution is -2.35. The van der Waals surface area contributed by atoms with Crippen molar-refractivity contribution in [1.29, 1.82) is 0 Å². The summed E-state index contributed by atoms with van der Waals surface area (Å²) in [4.78, 5) is 25.2. The van der Waals surface area contributed by atoms with Crippen LogP contribution in [0.5, 0.6) is 0 Å². The summed E-state index contributed by atoms with van der Waals surface area (Å²) in [5, 5.41) is 0.526. The minimum absolute atomic E-state index is 0.368. The Hall–Kier alpha value is -3.37. The molecule has 3 aromatic carbocycles. The van der Waals surface area contributed by atoms with Gasteiger partial charge in [-0.2, -0.15) is 0 Å². The van der Waals surface area contributed by atoms with Crippen molar-refractivity contribution in [2.24, 2.45) is 0 Å². The number of carbonyl (C=O) groups excluding carboxylic acids is 2. The first-order valence-electron chi connectivity index (χ1n) is 9.51. The van der Waals surface area contributed by atoms with Gasteiger partial charge in [0.1, 0.15) is 0 Å². The van der Waals surface area contributed by atoms with Crippen LogP contribution in [0.15, 0.2) is 90.5 Å². The van der Waals surface area contributed by atoms with Gasteiger partial charge in [0.25, 0.3) is 0 Å². The molecular weight excluding hydrogens is 400 g/mol. The van der Waals surface area contributed by atoms with Crippen molar-refractivity contribution in [1.82, 2.24) is 0 Å². The average Bonchev–Trinajstić information content (AvgIpc) is 3.01. The molecule has 1 heterocycles. The normalized spacial score (nSPS) is 18.3. The summed E-state index contributed by atoms with van der Waals surface area (Å²) < 4.78 is 11.6. The Bertz CT molecular complexity index is 1100. The molecule has 0 saturated carbocycles. The number of rotatable bonds is 5. The molecule has 30 heavy (non-hydrogen) atoms. The van der Waals surface area contributed by atoms with Crippen LogP contribution in [0.4, 0.5) is 0 Å². The standard InChI is InChI=1S/C25H19ClO4/c1-17(27)29-25(20-12-14-21(26)15-13-20)22(16-18-8-4-2-5-9-18)23(24(28)30-25)19-10-6-3-7-11-19/h2-15H,16H2,1H3. The zero-order valence-electron chi connectivity index (χ0n) is 16.3. The lowest BCUT2D eigenvalue weighted by Gasteiger charge is -2.30. The topological polar surface area (TPSA) is 52.6 Å². The second kappa shape index (κ2) is 8.17. The molecular formula is C25H19ClO4. The lowest BCUT2D eigenvalue weighted by atomic mass is 9.88. The lowest BCUT2D eigenvalue weighted by molar-refractivity contribution is -0.209. The Labute approximate surface area is 179 Å². The molecule has 0 aliphatic carbocycles. The van der Waals surface area contributed by atoms with E-state index in [1.165, 1.54) is 6.92 Å². The van der Waals surface area contributed by atoms with Gasteiger partial charge in [-0.25, -0.2) is 4.79 Å². The number of benzene rings is 3. The van der Waals surface area contributed by atoms with E-state index in [4.69, 9.17) is 21.1 Å². The first-order valence-corrected chi connectivity index (χ1v) is 9.89. The number of carbonyl (C=O) groups is 2. The van der Waals surface area contributed by atoms with Gasteiger partial charge in [-0.15, -0.1) is 0 Å². The zero-order chi connectivity index (χ0) is 21.1. The SMILES string of the molecule is CC(=O)OC1(c2ccc(Cl)cc2)OC(=O)C(c2ccccc2)=C1Cc1ccccc1. The molecule has 150 valence electrons. The van der Waals surface area contributed by atoms with Crippen LogP contribution in [0.1, 0.15) is 23.6 Å². The van der Waals surface area contributed by atoms with E-state index < -0.39 is 17.7 Å². The third-order valence-corrected chi connectivity index (χ3v) is 5.19. The number of ether oxygens (including phenoxy) is 2. The Kier molecular flexibility index (Phi) is 5.42. The van der Waals surface area contributed by atoms with Gasteiger partial charge in [-0.1, -0.05) is 72.3 Å². The molecule has 5 heteroatoms. The van der Waals surface area contributed by atoms with Gasteiger partial charge in [0.05, 0.1) is 5.57 Å². The van der Waals surface area contributed by atoms with Crippen LogP contribution >= 0.6 is 11.6 Å². The van der Waals surface area contributed by atoms with Gasteiger partial charge in [0.15, 0.2) is 0 Å².